The summed E-state index contributed by atoms with van der Waals surface area (Å²) in [4.78, 5) is 8.99. The van der Waals surface area contributed by atoms with Gasteiger partial charge in [-0.05, 0) is 19.3 Å². The number of rotatable bonds is 5. The van der Waals surface area contributed by atoms with Crippen molar-refractivity contribution in [2.24, 2.45) is 4.99 Å². The molecule has 2 fully saturated rings. The third kappa shape index (κ3) is 3.60. The van der Waals surface area contributed by atoms with E-state index >= 15 is 0 Å². The third-order valence-corrected chi connectivity index (χ3v) is 5.58. The minimum absolute atomic E-state index is 0.371. The third-order valence-electron chi connectivity index (χ3n) is 4.39. The van der Waals surface area contributed by atoms with Crippen LogP contribution in [0, 0.1) is 0 Å². The highest BCUT2D eigenvalue weighted by molar-refractivity contribution is 7.09. The van der Waals surface area contributed by atoms with Gasteiger partial charge in [0.05, 0.1) is 29.0 Å². The molecule has 2 bridgehead atoms. The van der Waals surface area contributed by atoms with E-state index in [9.17, 15) is 0 Å². The molecule has 22 heavy (non-hydrogen) atoms. The predicted octanol–water partition coefficient (Wildman–Crippen LogP) is 2.29. The molecule has 0 saturated carbocycles. The molecule has 5 nitrogen and oxygen atoms in total. The van der Waals surface area contributed by atoms with E-state index in [1.54, 1.807) is 11.3 Å². The van der Waals surface area contributed by atoms with E-state index in [1.807, 2.05) is 7.05 Å². The van der Waals surface area contributed by atoms with Crippen molar-refractivity contribution in [2.45, 2.75) is 63.7 Å². The first-order valence-corrected chi connectivity index (χ1v) is 9.10. The van der Waals surface area contributed by atoms with E-state index in [-0.39, 0.29) is 0 Å². The molecule has 2 saturated heterocycles. The second-order valence-electron chi connectivity index (χ2n) is 6.44. The average Bonchev–Trinajstić information content (AvgIpc) is 3.22. The fraction of sp³-hybridized carbons (Fsp3) is 0.750. The van der Waals surface area contributed by atoms with Gasteiger partial charge in [-0.25, -0.2) is 4.98 Å². The van der Waals surface area contributed by atoms with Crippen LogP contribution in [0.5, 0.6) is 0 Å². The molecule has 1 aromatic heterocycles. The average molecular weight is 322 g/mol. The Morgan fingerprint density at radius 2 is 2.36 bits per heavy atom. The van der Waals surface area contributed by atoms with Gasteiger partial charge in [0.2, 0.25) is 0 Å². The van der Waals surface area contributed by atoms with Crippen LogP contribution in [0.1, 0.15) is 49.7 Å². The molecule has 122 valence electrons. The summed E-state index contributed by atoms with van der Waals surface area (Å²) in [6.45, 7) is 5.22. The first kappa shape index (κ1) is 15.7. The highest BCUT2D eigenvalue weighted by Crippen LogP contribution is 2.34. The van der Waals surface area contributed by atoms with Crippen LogP contribution in [0.15, 0.2) is 10.4 Å². The zero-order valence-electron chi connectivity index (χ0n) is 13.6. The SMILES string of the molecule is CN=C(NCCc1csc(C(C)C)n1)NC1CC2CCC1O2. The molecule has 1 aromatic rings. The Labute approximate surface area is 136 Å². The number of aromatic nitrogens is 1. The Morgan fingerprint density at radius 1 is 1.50 bits per heavy atom. The monoisotopic (exact) mass is 322 g/mol. The molecule has 0 spiro atoms. The van der Waals surface area contributed by atoms with Gasteiger partial charge in [0.15, 0.2) is 5.96 Å². The fourth-order valence-electron chi connectivity index (χ4n) is 3.17. The Morgan fingerprint density at radius 3 is 2.95 bits per heavy atom. The van der Waals surface area contributed by atoms with Crippen molar-refractivity contribution in [3.8, 4) is 0 Å². The van der Waals surface area contributed by atoms with Gasteiger partial charge < -0.3 is 15.4 Å². The minimum atomic E-state index is 0.371. The lowest BCUT2D eigenvalue weighted by Gasteiger charge is -2.22. The smallest absolute Gasteiger partial charge is 0.191 e. The summed E-state index contributed by atoms with van der Waals surface area (Å²) >= 11 is 1.76. The van der Waals surface area contributed by atoms with Crippen molar-refractivity contribution in [3.63, 3.8) is 0 Å². The molecule has 3 heterocycles. The largest absolute Gasteiger partial charge is 0.373 e. The van der Waals surface area contributed by atoms with E-state index in [0.717, 1.165) is 25.3 Å². The lowest BCUT2D eigenvalue weighted by molar-refractivity contribution is 0.0992. The lowest BCUT2D eigenvalue weighted by atomic mass is 9.96. The number of guanidine groups is 1. The molecule has 0 radical (unpaired) electrons. The van der Waals surface area contributed by atoms with E-state index in [0.29, 0.717) is 24.2 Å². The van der Waals surface area contributed by atoms with Gasteiger partial charge in [-0.3, -0.25) is 4.99 Å². The highest BCUT2D eigenvalue weighted by atomic mass is 32.1. The molecule has 3 unspecified atom stereocenters. The van der Waals surface area contributed by atoms with Crippen molar-refractivity contribution in [3.05, 3.63) is 16.1 Å². The van der Waals surface area contributed by atoms with Crippen LogP contribution < -0.4 is 10.6 Å². The molecule has 3 rings (SSSR count). The topological polar surface area (TPSA) is 58.5 Å². The van der Waals surface area contributed by atoms with Gasteiger partial charge in [0.1, 0.15) is 0 Å². The molecule has 6 heteroatoms. The van der Waals surface area contributed by atoms with Crippen LogP contribution in [-0.4, -0.2) is 42.8 Å². The van der Waals surface area contributed by atoms with E-state index in [1.165, 1.54) is 23.5 Å². The molecule has 0 aliphatic carbocycles. The lowest BCUT2D eigenvalue weighted by Crippen LogP contribution is -2.47. The molecule has 0 amide bonds. The van der Waals surface area contributed by atoms with Crippen LogP contribution >= 0.6 is 11.3 Å². The van der Waals surface area contributed by atoms with Crippen LogP contribution in [0.4, 0.5) is 0 Å². The zero-order chi connectivity index (χ0) is 15.5. The summed E-state index contributed by atoms with van der Waals surface area (Å²) < 4.78 is 5.88. The van der Waals surface area contributed by atoms with Gasteiger partial charge in [-0.1, -0.05) is 13.8 Å². The second kappa shape index (κ2) is 6.96. The summed E-state index contributed by atoms with van der Waals surface area (Å²) in [7, 11) is 1.82. The van der Waals surface area contributed by atoms with Crippen molar-refractivity contribution in [1.82, 2.24) is 15.6 Å². The number of ether oxygens (including phenoxy) is 1. The van der Waals surface area contributed by atoms with Crippen LogP contribution in [0.25, 0.3) is 0 Å². The molecular formula is C16H26N4OS. The molecule has 2 N–H and O–H groups in total. The first-order valence-electron chi connectivity index (χ1n) is 8.22. The van der Waals surface area contributed by atoms with E-state index < -0.39 is 0 Å². The number of hydrogen-bond donors (Lipinski definition) is 2. The maximum absolute atomic E-state index is 5.88. The van der Waals surface area contributed by atoms with Crippen LogP contribution in [0.2, 0.25) is 0 Å². The molecular weight excluding hydrogens is 296 g/mol. The van der Waals surface area contributed by atoms with Crippen molar-refractivity contribution < 1.29 is 4.74 Å². The molecule has 2 aliphatic rings. The number of thiazole rings is 1. The Balaban J connectivity index is 1.43. The fourth-order valence-corrected chi connectivity index (χ4v) is 4.04. The normalized spacial score (nSPS) is 27.6. The summed E-state index contributed by atoms with van der Waals surface area (Å²) in [6.07, 6.45) is 5.26. The van der Waals surface area contributed by atoms with Crippen molar-refractivity contribution in [1.29, 1.82) is 0 Å². The van der Waals surface area contributed by atoms with Crippen molar-refractivity contribution >= 4 is 17.3 Å². The minimum Gasteiger partial charge on any atom is -0.373 e. The van der Waals surface area contributed by atoms with E-state index in [4.69, 9.17) is 4.74 Å². The standard InChI is InChI=1S/C16H26N4OS/c1-10(2)15-19-11(9-22-15)6-7-18-16(17-3)20-13-8-12-4-5-14(13)21-12/h9-10,12-14H,4-8H2,1-3H3,(H2,17,18,20). The first-order chi connectivity index (χ1) is 10.7. The van der Waals surface area contributed by atoms with Crippen LogP contribution in [0.3, 0.4) is 0 Å². The molecule has 3 atom stereocenters. The van der Waals surface area contributed by atoms with Gasteiger partial charge >= 0.3 is 0 Å². The molecule has 0 aromatic carbocycles. The highest BCUT2D eigenvalue weighted by Gasteiger charge is 2.41. The Bertz CT molecular complexity index is 528. The van der Waals surface area contributed by atoms with Gasteiger partial charge in [-0.15, -0.1) is 11.3 Å². The van der Waals surface area contributed by atoms with E-state index in [2.05, 4.69) is 39.8 Å². The Hall–Kier alpha value is -1.14. The van der Waals surface area contributed by atoms with Gasteiger partial charge in [0.25, 0.3) is 0 Å². The maximum Gasteiger partial charge on any atom is 0.191 e. The molecule has 2 aliphatic heterocycles. The number of nitrogens with zero attached hydrogens (tertiary/aromatic N) is 2. The Kier molecular flexibility index (Phi) is 4.98. The van der Waals surface area contributed by atoms with Crippen molar-refractivity contribution in [2.75, 3.05) is 13.6 Å². The predicted molar refractivity (Wildman–Crippen MR) is 90.7 cm³/mol. The zero-order valence-corrected chi connectivity index (χ0v) is 14.4. The number of nitrogens with one attached hydrogen (secondary N) is 2. The quantitative estimate of drug-likeness (QED) is 0.645. The van der Waals surface area contributed by atoms with Gasteiger partial charge in [-0.2, -0.15) is 0 Å². The summed E-state index contributed by atoms with van der Waals surface area (Å²) in [5.74, 6) is 1.39. The van der Waals surface area contributed by atoms with Gasteiger partial charge in [0, 0.05) is 31.3 Å². The maximum atomic E-state index is 5.88. The summed E-state index contributed by atoms with van der Waals surface area (Å²) in [6, 6.07) is 0.414. The number of aliphatic imine (C=N–C) groups is 1. The second-order valence-corrected chi connectivity index (χ2v) is 7.33. The summed E-state index contributed by atoms with van der Waals surface area (Å²) in [5, 5.41) is 10.3. The van der Waals surface area contributed by atoms with Crippen LogP contribution in [-0.2, 0) is 11.2 Å². The number of hydrogen-bond acceptors (Lipinski definition) is 4. The summed E-state index contributed by atoms with van der Waals surface area (Å²) in [5.41, 5.74) is 1.17. The number of fused-ring (bicyclic) bond motifs is 2.